The first-order chi connectivity index (χ1) is 9.54. The van der Waals surface area contributed by atoms with Crippen molar-refractivity contribution in [2.45, 2.75) is 26.5 Å². The molecule has 0 unspecified atom stereocenters. The molecular formula is C13H14BrClN4O. The number of hydrogen-bond donors (Lipinski definition) is 1. The van der Waals surface area contributed by atoms with E-state index in [0.29, 0.717) is 12.5 Å². The average Bonchev–Trinajstić information content (AvgIpc) is 2.36. The van der Waals surface area contributed by atoms with E-state index >= 15 is 0 Å². The molecule has 0 fully saturated rings. The Morgan fingerprint density at radius 3 is 2.70 bits per heavy atom. The van der Waals surface area contributed by atoms with E-state index in [1.807, 2.05) is 38.1 Å². The predicted molar refractivity (Wildman–Crippen MR) is 82.1 cm³/mol. The minimum Gasteiger partial charge on any atom is -0.461 e. The van der Waals surface area contributed by atoms with Gasteiger partial charge in [-0.3, -0.25) is 0 Å². The minimum absolute atomic E-state index is 0.0235. The molecule has 0 amide bonds. The molecule has 106 valence electrons. The van der Waals surface area contributed by atoms with Gasteiger partial charge in [0, 0.05) is 11.0 Å². The molecule has 0 atom stereocenters. The van der Waals surface area contributed by atoms with Gasteiger partial charge in [-0.25, -0.2) is 0 Å². The molecule has 0 aliphatic carbocycles. The minimum atomic E-state index is -0.0235. The van der Waals surface area contributed by atoms with Crippen molar-refractivity contribution < 1.29 is 4.74 Å². The molecule has 1 aromatic carbocycles. The highest BCUT2D eigenvalue weighted by Crippen LogP contribution is 2.18. The molecule has 2 rings (SSSR count). The van der Waals surface area contributed by atoms with Gasteiger partial charge in [0.05, 0.1) is 6.10 Å². The third-order valence-electron chi connectivity index (χ3n) is 2.32. The van der Waals surface area contributed by atoms with Crippen LogP contribution in [0.4, 0.5) is 5.95 Å². The Bertz CT molecular complexity index is 594. The van der Waals surface area contributed by atoms with Gasteiger partial charge in [0.25, 0.3) is 0 Å². The van der Waals surface area contributed by atoms with Crippen LogP contribution >= 0.6 is 27.5 Å². The first-order valence-corrected chi connectivity index (χ1v) is 7.27. The van der Waals surface area contributed by atoms with E-state index in [-0.39, 0.29) is 17.4 Å². The number of nitrogens with one attached hydrogen (secondary N) is 1. The molecule has 0 bridgehead atoms. The van der Waals surface area contributed by atoms with Crippen LogP contribution in [0.15, 0.2) is 28.7 Å². The number of rotatable bonds is 5. The summed E-state index contributed by atoms with van der Waals surface area (Å²) in [7, 11) is 0. The van der Waals surface area contributed by atoms with E-state index in [4.69, 9.17) is 16.3 Å². The molecule has 5 nitrogen and oxygen atoms in total. The van der Waals surface area contributed by atoms with Gasteiger partial charge < -0.3 is 10.1 Å². The topological polar surface area (TPSA) is 59.9 Å². The molecule has 0 aliphatic heterocycles. The summed E-state index contributed by atoms with van der Waals surface area (Å²) in [6, 6.07) is 8.13. The van der Waals surface area contributed by atoms with Crippen LogP contribution in [-0.4, -0.2) is 21.1 Å². The third-order valence-corrected chi connectivity index (χ3v) is 3.27. The zero-order valence-corrected chi connectivity index (χ0v) is 13.4. The van der Waals surface area contributed by atoms with Crippen LogP contribution in [0.25, 0.3) is 0 Å². The maximum absolute atomic E-state index is 5.85. The Kier molecular flexibility index (Phi) is 5.14. The summed E-state index contributed by atoms with van der Waals surface area (Å²) in [5, 5.41) is 3.20. The fourth-order valence-corrected chi connectivity index (χ4v) is 2.07. The Labute approximate surface area is 130 Å². The summed E-state index contributed by atoms with van der Waals surface area (Å²) in [5.41, 5.74) is 1.09. The standard InChI is InChI=1S/C13H14BrClN4O/c1-8(2)20-13-18-11(15)17-12(19-13)16-7-9-5-3-4-6-10(9)14/h3-6,8H,7H2,1-2H3,(H,16,17,18,19). The van der Waals surface area contributed by atoms with Crippen LogP contribution in [0, 0.1) is 0 Å². The molecular weight excluding hydrogens is 344 g/mol. The van der Waals surface area contributed by atoms with Gasteiger partial charge in [0.1, 0.15) is 0 Å². The number of nitrogens with zero attached hydrogens (tertiary/aromatic N) is 3. The lowest BCUT2D eigenvalue weighted by Crippen LogP contribution is -2.11. The molecule has 20 heavy (non-hydrogen) atoms. The smallest absolute Gasteiger partial charge is 0.322 e. The van der Waals surface area contributed by atoms with Gasteiger partial charge in [-0.1, -0.05) is 34.1 Å². The van der Waals surface area contributed by atoms with Crippen LogP contribution in [-0.2, 0) is 6.54 Å². The van der Waals surface area contributed by atoms with E-state index in [1.54, 1.807) is 0 Å². The number of halogens is 2. The van der Waals surface area contributed by atoms with Gasteiger partial charge in [0.2, 0.25) is 11.2 Å². The van der Waals surface area contributed by atoms with Crippen LogP contribution in [0.5, 0.6) is 6.01 Å². The SMILES string of the molecule is CC(C)Oc1nc(Cl)nc(NCc2ccccc2Br)n1. The van der Waals surface area contributed by atoms with E-state index in [0.717, 1.165) is 10.0 Å². The summed E-state index contributed by atoms with van der Waals surface area (Å²) in [5.74, 6) is 0.386. The van der Waals surface area contributed by atoms with Crippen LogP contribution in [0.2, 0.25) is 5.28 Å². The molecule has 0 aliphatic rings. The second kappa shape index (κ2) is 6.85. The molecule has 2 aromatic rings. The monoisotopic (exact) mass is 356 g/mol. The maximum atomic E-state index is 5.85. The second-order valence-electron chi connectivity index (χ2n) is 4.32. The largest absolute Gasteiger partial charge is 0.461 e. The van der Waals surface area contributed by atoms with E-state index in [1.165, 1.54) is 0 Å². The second-order valence-corrected chi connectivity index (χ2v) is 5.51. The molecule has 7 heteroatoms. The lowest BCUT2D eigenvalue weighted by atomic mass is 10.2. The third kappa shape index (κ3) is 4.31. The van der Waals surface area contributed by atoms with E-state index < -0.39 is 0 Å². The number of ether oxygens (including phenoxy) is 1. The van der Waals surface area contributed by atoms with Crippen molar-refractivity contribution in [1.82, 2.24) is 15.0 Å². The number of aromatic nitrogens is 3. The van der Waals surface area contributed by atoms with Gasteiger partial charge in [-0.15, -0.1) is 0 Å². The van der Waals surface area contributed by atoms with Crippen molar-refractivity contribution >= 4 is 33.5 Å². The van der Waals surface area contributed by atoms with Crippen molar-refractivity contribution in [3.8, 4) is 6.01 Å². The highest BCUT2D eigenvalue weighted by atomic mass is 79.9. The lowest BCUT2D eigenvalue weighted by Gasteiger charge is -2.10. The van der Waals surface area contributed by atoms with Crippen LogP contribution in [0.3, 0.4) is 0 Å². The highest BCUT2D eigenvalue weighted by Gasteiger charge is 2.08. The van der Waals surface area contributed by atoms with Crippen molar-refractivity contribution in [2.75, 3.05) is 5.32 Å². The summed E-state index contributed by atoms with van der Waals surface area (Å²) in [6.45, 7) is 4.36. The maximum Gasteiger partial charge on any atom is 0.322 e. The summed E-state index contributed by atoms with van der Waals surface area (Å²) in [4.78, 5) is 12.1. The predicted octanol–water partition coefficient (Wildman–Crippen LogP) is 3.69. The summed E-state index contributed by atoms with van der Waals surface area (Å²) >= 11 is 9.34. The summed E-state index contributed by atoms with van der Waals surface area (Å²) in [6.07, 6.45) is -0.0235. The zero-order chi connectivity index (χ0) is 14.5. The number of hydrogen-bond acceptors (Lipinski definition) is 5. The molecule has 0 saturated carbocycles. The van der Waals surface area contributed by atoms with E-state index in [2.05, 4.69) is 36.2 Å². The van der Waals surface area contributed by atoms with Crippen LogP contribution < -0.4 is 10.1 Å². The Balaban J connectivity index is 2.09. The molecule has 1 N–H and O–H groups in total. The van der Waals surface area contributed by atoms with Gasteiger partial charge in [-0.2, -0.15) is 15.0 Å². The molecule has 0 saturated heterocycles. The molecule has 0 spiro atoms. The first-order valence-electron chi connectivity index (χ1n) is 6.10. The van der Waals surface area contributed by atoms with Crippen molar-refractivity contribution in [2.24, 2.45) is 0 Å². The zero-order valence-electron chi connectivity index (χ0n) is 11.1. The Hall–Kier alpha value is -1.40. The average molecular weight is 358 g/mol. The van der Waals surface area contributed by atoms with Crippen LogP contribution in [0.1, 0.15) is 19.4 Å². The Morgan fingerprint density at radius 1 is 1.25 bits per heavy atom. The van der Waals surface area contributed by atoms with Crippen molar-refractivity contribution in [1.29, 1.82) is 0 Å². The number of benzene rings is 1. The normalized spacial score (nSPS) is 10.7. The summed E-state index contributed by atoms with van der Waals surface area (Å²) < 4.78 is 6.44. The lowest BCUT2D eigenvalue weighted by molar-refractivity contribution is 0.222. The van der Waals surface area contributed by atoms with Gasteiger partial charge in [-0.05, 0) is 37.1 Å². The van der Waals surface area contributed by atoms with E-state index in [9.17, 15) is 0 Å². The molecule has 0 radical (unpaired) electrons. The van der Waals surface area contributed by atoms with Gasteiger partial charge in [0.15, 0.2) is 0 Å². The fourth-order valence-electron chi connectivity index (χ4n) is 1.49. The quantitative estimate of drug-likeness (QED) is 0.884. The van der Waals surface area contributed by atoms with Crippen molar-refractivity contribution in [3.05, 3.63) is 39.6 Å². The first kappa shape index (κ1) is 15.0. The number of anilines is 1. The van der Waals surface area contributed by atoms with Gasteiger partial charge >= 0.3 is 6.01 Å². The highest BCUT2D eigenvalue weighted by molar-refractivity contribution is 9.10. The Morgan fingerprint density at radius 2 is 2.00 bits per heavy atom. The fraction of sp³-hybridized carbons (Fsp3) is 0.308. The molecule has 1 heterocycles. The molecule has 1 aromatic heterocycles. The van der Waals surface area contributed by atoms with Crippen molar-refractivity contribution in [3.63, 3.8) is 0 Å².